The van der Waals surface area contributed by atoms with Crippen molar-refractivity contribution in [3.63, 3.8) is 0 Å². The maximum atomic E-state index is 13.4. The molecule has 6 heteroatoms. The van der Waals surface area contributed by atoms with Crippen LogP contribution in [0.1, 0.15) is 11.3 Å². The minimum Gasteiger partial charge on any atom is -0.493 e. The van der Waals surface area contributed by atoms with Crippen LogP contribution < -0.4 is 19.9 Å². The van der Waals surface area contributed by atoms with E-state index in [4.69, 9.17) is 19.9 Å². The van der Waals surface area contributed by atoms with E-state index >= 15 is 0 Å². The van der Waals surface area contributed by atoms with E-state index in [9.17, 15) is 4.39 Å². The third kappa shape index (κ3) is 3.61. The van der Waals surface area contributed by atoms with Crippen molar-refractivity contribution >= 4 is 0 Å². The molecule has 1 heterocycles. The molecule has 0 saturated heterocycles. The molecular formula is C15H17FN2O3. The molecule has 0 aliphatic rings. The molecule has 1 aromatic heterocycles. The topological polar surface area (TPSA) is 66.6 Å². The Bertz CT molecular complexity index is 620. The Hall–Kier alpha value is -2.34. The molecule has 0 aliphatic carbocycles. The second-order valence-corrected chi connectivity index (χ2v) is 4.28. The standard InChI is InChI=1S/C15H17FN2O3/c1-19-14-3-4-18-13(15(14)20-2)9-21-12-6-10(8-17)5-11(16)7-12/h3-7H,8-9,17H2,1-2H3. The van der Waals surface area contributed by atoms with Gasteiger partial charge >= 0.3 is 0 Å². The molecule has 112 valence electrons. The maximum absolute atomic E-state index is 13.4. The smallest absolute Gasteiger partial charge is 0.185 e. The lowest BCUT2D eigenvalue weighted by molar-refractivity contribution is 0.283. The number of rotatable bonds is 6. The zero-order chi connectivity index (χ0) is 15.2. The third-order valence-corrected chi connectivity index (χ3v) is 2.91. The Morgan fingerprint density at radius 1 is 1.19 bits per heavy atom. The van der Waals surface area contributed by atoms with Crippen LogP contribution in [-0.4, -0.2) is 19.2 Å². The number of ether oxygens (including phenoxy) is 3. The zero-order valence-electron chi connectivity index (χ0n) is 11.9. The summed E-state index contributed by atoms with van der Waals surface area (Å²) >= 11 is 0. The monoisotopic (exact) mass is 292 g/mol. The molecule has 0 bridgehead atoms. The van der Waals surface area contributed by atoms with Crippen molar-refractivity contribution in [2.24, 2.45) is 5.73 Å². The molecule has 0 spiro atoms. The van der Waals surface area contributed by atoms with Crippen molar-refractivity contribution in [2.45, 2.75) is 13.2 Å². The summed E-state index contributed by atoms with van der Waals surface area (Å²) in [6, 6.07) is 6.05. The lowest BCUT2D eigenvalue weighted by atomic mass is 10.2. The fraction of sp³-hybridized carbons (Fsp3) is 0.267. The fourth-order valence-corrected chi connectivity index (χ4v) is 1.93. The van der Waals surface area contributed by atoms with Crippen LogP contribution in [0, 0.1) is 5.82 Å². The van der Waals surface area contributed by atoms with E-state index in [0.29, 0.717) is 28.5 Å². The number of hydrogen-bond acceptors (Lipinski definition) is 5. The van der Waals surface area contributed by atoms with Crippen LogP contribution in [0.5, 0.6) is 17.2 Å². The first-order valence-corrected chi connectivity index (χ1v) is 6.36. The summed E-state index contributed by atoms with van der Waals surface area (Å²) in [6.07, 6.45) is 1.59. The first-order chi connectivity index (χ1) is 10.2. The Morgan fingerprint density at radius 3 is 2.67 bits per heavy atom. The molecule has 0 unspecified atom stereocenters. The van der Waals surface area contributed by atoms with Gasteiger partial charge in [0.1, 0.15) is 23.9 Å². The summed E-state index contributed by atoms with van der Waals surface area (Å²) in [5.41, 5.74) is 6.74. The van der Waals surface area contributed by atoms with E-state index in [1.807, 2.05) is 0 Å². The van der Waals surface area contributed by atoms with Crippen molar-refractivity contribution in [1.29, 1.82) is 0 Å². The van der Waals surface area contributed by atoms with Gasteiger partial charge in [-0.3, -0.25) is 4.98 Å². The van der Waals surface area contributed by atoms with Crippen LogP contribution >= 0.6 is 0 Å². The summed E-state index contributed by atoms with van der Waals surface area (Å²) in [5, 5.41) is 0. The van der Waals surface area contributed by atoms with Crippen molar-refractivity contribution in [3.05, 3.63) is 47.5 Å². The molecule has 0 amide bonds. The first kappa shape index (κ1) is 15.1. The number of nitrogens with two attached hydrogens (primary N) is 1. The van der Waals surface area contributed by atoms with Crippen LogP contribution in [-0.2, 0) is 13.2 Å². The second-order valence-electron chi connectivity index (χ2n) is 4.28. The van der Waals surface area contributed by atoms with Gasteiger partial charge in [0.2, 0.25) is 0 Å². The molecule has 5 nitrogen and oxygen atoms in total. The van der Waals surface area contributed by atoms with Crippen molar-refractivity contribution in [2.75, 3.05) is 14.2 Å². The van der Waals surface area contributed by atoms with Gasteiger partial charge in [-0.05, 0) is 17.7 Å². The van der Waals surface area contributed by atoms with E-state index in [1.54, 1.807) is 25.4 Å². The van der Waals surface area contributed by atoms with Crippen LogP contribution in [0.4, 0.5) is 4.39 Å². The van der Waals surface area contributed by atoms with Gasteiger partial charge in [-0.1, -0.05) is 0 Å². The van der Waals surface area contributed by atoms with Crippen molar-refractivity contribution in [3.8, 4) is 17.2 Å². The highest BCUT2D eigenvalue weighted by molar-refractivity contribution is 5.42. The number of pyridine rings is 1. The summed E-state index contributed by atoms with van der Waals surface area (Å²) in [7, 11) is 3.07. The van der Waals surface area contributed by atoms with Gasteiger partial charge < -0.3 is 19.9 Å². The summed E-state index contributed by atoms with van der Waals surface area (Å²) < 4.78 is 29.4. The van der Waals surface area contributed by atoms with Gasteiger partial charge in [-0.2, -0.15) is 0 Å². The lowest BCUT2D eigenvalue weighted by Crippen LogP contribution is -2.04. The van der Waals surface area contributed by atoms with Crippen LogP contribution in [0.25, 0.3) is 0 Å². The average molecular weight is 292 g/mol. The molecule has 0 saturated carbocycles. The maximum Gasteiger partial charge on any atom is 0.185 e. The molecule has 0 radical (unpaired) electrons. The molecule has 2 rings (SSSR count). The van der Waals surface area contributed by atoms with Crippen LogP contribution in [0.15, 0.2) is 30.5 Å². The van der Waals surface area contributed by atoms with E-state index < -0.39 is 5.82 Å². The van der Waals surface area contributed by atoms with E-state index in [0.717, 1.165) is 0 Å². The number of methoxy groups -OCH3 is 2. The number of nitrogens with zero attached hydrogens (tertiary/aromatic N) is 1. The SMILES string of the molecule is COc1ccnc(COc2cc(F)cc(CN)c2)c1OC. The van der Waals surface area contributed by atoms with Crippen LogP contribution in [0.2, 0.25) is 0 Å². The predicted molar refractivity (Wildman–Crippen MR) is 76.0 cm³/mol. The lowest BCUT2D eigenvalue weighted by Gasteiger charge is -2.12. The van der Waals surface area contributed by atoms with Gasteiger partial charge in [-0.25, -0.2) is 4.39 Å². The molecule has 0 aliphatic heterocycles. The number of benzene rings is 1. The normalized spacial score (nSPS) is 10.3. The Kier molecular flexibility index (Phi) is 4.94. The average Bonchev–Trinajstić information content (AvgIpc) is 2.51. The minimum atomic E-state index is -0.390. The molecule has 0 fully saturated rings. The second kappa shape index (κ2) is 6.90. The highest BCUT2D eigenvalue weighted by Gasteiger charge is 2.12. The zero-order valence-corrected chi connectivity index (χ0v) is 11.9. The predicted octanol–water partition coefficient (Wildman–Crippen LogP) is 2.28. The van der Waals surface area contributed by atoms with Gasteiger partial charge in [0.25, 0.3) is 0 Å². The summed E-state index contributed by atoms with van der Waals surface area (Å²) in [4.78, 5) is 4.19. The van der Waals surface area contributed by atoms with Crippen molar-refractivity contribution in [1.82, 2.24) is 4.98 Å². The highest BCUT2D eigenvalue weighted by Crippen LogP contribution is 2.29. The first-order valence-electron chi connectivity index (χ1n) is 6.36. The summed E-state index contributed by atoms with van der Waals surface area (Å²) in [5.74, 6) is 1.06. The van der Waals surface area contributed by atoms with E-state index in [2.05, 4.69) is 4.98 Å². The highest BCUT2D eigenvalue weighted by atomic mass is 19.1. The molecule has 2 aromatic rings. The number of aromatic nitrogens is 1. The largest absolute Gasteiger partial charge is 0.493 e. The van der Waals surface area contributed by atoms with Gasteiger partial charge in [0.15, 0.2) is 11.5 Å². The Morgan fingerprint density at radius 2 is 2.00 bits per heavy atom. The third-order valence-electron chi connectivity index (χ3n) is 2.91. The Labute approximate surface area is 122 Å². The van der Waals surface area contributed by atoms with E-state index in [-0.39, 0.29) is 13.2 Å². The van der Waals surface area contributed by atoms with Gasteiger partial charge in [0.05, 0.1) is 14.2 Å². The van der Waals surface area contributed by atoms with Crippen LogP contribution in [0.3, 0.4) is 0 Å². The molecule has 1 aromatic carbocycles. The number of halogens is 1. The Balaban J connectivity index is 2.18. The number of hydrogen-bond donors (Lipinski definition) is 1. The van der Waals surface area contributed by atoms with Gasteiger partial charge in [0, 0.05) is 24.9 Å². The molecule has 2 N–H and O–H groups in total. The fourth-order valence-electron chi connectivity index (χ4n) is 1.93. The summed E-state index contributed by atoms with van der Waals surface area (Å²) in [6.45, 7) is 0.378. The van der Waals surface area contributed by atoms with Gasteiger partial charge in [-0.15, -0.1) is 0 Å². The molecular weight excluding hydrogens is 275 g/mol. The van der Waals surface area contributed by atoms with Crippen molar-refractivity contribution < 1.29 is 18.6 Å². The minimum absolute atomic E-state index is 0.133. The van der Waals surface area contributed by atoms with E-state index in [1.165, 1.54) is 19.2 Å². The molecule has 0 atom stereocenters. The molecule has 21 heavy (non-hydrogen) atoms. The quantitative estimate of drug-likeness (QED) is 0.884.